The Labute approximate surface area is 440 Å². The van der Waals surface area contributed by atoms with Crippen molar-refractivity contribution in [2.45, 2.75) is 322 Å². The van der Waals surface area contributed by atoms with Gasteiger partial charge < -0.3 is 14.2 Å². The van der Waals surface area contributed by atoms with Crippen molar-refractivity contribution < 1.29 is 28.6 Å². The van der Waals surface area contributed by atoms with Gasteiger partial charge in [-0.2, -0.15) is 0 Å². The van der Waals surface area contributed by atoms with E-state index in [1.54, 1.807) is 0 Å². The van der Waals surface area contributed by atoms with E-state index in [1.807, 2.05) is 0 Å². The van der Waals surface area contributed by atoms with Crippen LogP contribution in [0.3, 0.4) is 0 Å². The second kappa shape index (κ2) is 59.7. The van der Waals surface area contributed by atoms with E-state index in [1.165, 1.54) is 205 Å². The van der Waals surface area contributed by atoms with Crippen molar-refractivity contribution in [3.05, 3.63) is 60.8 Å². The SMILES string of the molecule is CCCCC/C=C\C/C=C\C/C=C\C/C=C\CCCC(=O)OC(COC(=O)CCCCCCCCC/C=C\CCCCCCCC)COC(=O)CCCCCCCCCCCCCCCCCCCCC. The van der Waals surface area contributed by atoms with Gasteiger partial charge in [-0.3, -0.25) is 14.4 Å². The minimum absolute atomic E-state index is 0.0942. The highest BCUT2D eigenvalue weighted by Gasteiger charge is 2.19. The van der Waals surface area contributed by atoms with Crippen LogP contribution in [-0.4, -0.2) is 37.2 Å². The Kier molecular flexibility index (Phi) is 57.2. The first kappa shape index (κ1) is 68.1. The molecule has 0 saturated carbocycles. The van der Waals surface area contributed by atoms with Crippen molar-refractivity contribution in [3.8, 4) is 0 Å². The van der Waals surface area contributed by atoms with E-state index in [4.69, 9.17) is 14.2 Å². The summed E-state index contributed by atoms with van der Waals surface area (Å²) in [5.74, 6) is -0.939. The molecule has 0 aromatic carbocycles. The van der Waals surface area contributed by atoms with Crippen LogP contribution in [0, 0.1) is 0 Å². The van der Waals surface area contributed by atoms with Gasteiger partial charge in [-0.15, -0.1) is 0 Å². The summed E-state index contributed by atoms with van der Waals surface area (Å²) in [6.45, 7) is 6.60. The lowest BCUT2D eigenvalue weighted by molar-refractivity contribution is -0.167. The molecule has 0 aliphatic heterocycles. The molecule has 0 rings (SSSR count). The second-order valence-electron chi connectivity index (χ2n) is 20.6. The highest BCUT2D eigenvalue weighted by Crippen LogP contribution is 2.16. The van der Waals surface area contributed by atoms with Crippen LogP contribution in [0.2, 0.25) is 0 Å². The fourth-order valence-corrected chi connectivity index (χ4v) is 8.84. The van der Waals surface area contributed by atoms with Gasteiger partial charge in [0.2, 0.25) is 0 Å². The van der Waals surface area contributed by atoms with Crippen molar-refractivity contribution in [1.82, 2.24) is 0 Å². The minimum Gasteiger partial charge on any atom is -0.462 e. The number of esters is 3. The Morgan fingerprint density at radius 3 is 0.873 bits per heavy atom. The Morgan fingerprint density at radius 1 is 0.282 bits per heavy atom. The summed E-state index contributed by atoms with van der Waals surface area (Å²) in [6, 6.07) is 0. The summed E-state index contributed by atoms with van der Waals surface area (Å²) in [7, 11) is 0. The third-order valence-electron chi connectivity index (χ3n) is 13.5. The monoisotopic (exact) mass is 993 g/mol. The molecule has 0 bridgehead atoms. The standard InChI is InChI=1S/C65H116O6/c1-4-7-10-13-16-19-22-25-28-31-32-35-37-40-43-46-49-52-55-58-64(67)70-61-62(71-65(68)59-56-53-50-47-44-41-38-34-30-27-24-21-18-15-12-9-6-3)60-69-63(66)57-54-51-48-45-42-39-36-33-29-26-23-20-17-14-11-8-5-2/h18,21,26-27,29-30,38,41,47,50,62H,4-17,19-20,22-25,28,31-37,39-40,42-46,48-49,51-61H2,1-3H3/b21-18-,29-26-,30-27-,41-38-,50-47-. The zero-order valence-electron chi connectivity index (χ0n) is 47.2. The zero-order chi connectivity index (χ0) is 51.4. The van der Waals surface area contributed by atoms with E-state index in [0.717, 1.165) is 64.2 Å². The number of ether oxygens (including phenoxy) is 3. The van der Waals surface area contributed by atoms with E-state index in [9.17, 15) is 14.4 Å². The first-order valence-corrected chi connectivity index (χ1v) is 30.8. The molecule has 6 nitrogen and oxygen atoms in total. The molecule has 0 saturated heterocycles. The van der Waals surface area contributed by atoms with Crippen molar-refractivity contribution in [2.24, 2.45) is 0 Å². The van der Waals surface area contributed by atoms with Crippen LogP contribution in [-0.2, 0) is 28.6 Å². The summed E-state index contributed by atoms with van der Waals surface area (Å²) >= 11 is 0. The topological polar surface area (TPSA) is 78.9 Å². The van der Waals surface area contributed by atoms with Gasteiger partial charge in [0, 0.05) is 19.3 Å². The predicted octanol–water partition coefficient (Wildman–Crippen LogP) is 20.8. The van der Waals surface area contributed by atoms with Crippen molar-refractivity contribution in [1.29, 1.82) is 0 Å². The lowest BCUT2D eigenvalue weighted by atomic mass is 10.0. The maximum atomic E-state index is 12.9. The van der Waals surface area contributed by atoms with Crippen LogP contribution in [0.4, 0.5) is 0 Å². The van der Waals surface area contributed by atoms with Gasteiger partial charge in [0.25, 0.3) is 0 Å². The van der Waals surface area contributed by atoms with Gasteiger partial charge in [-0.1, -0.05) is 274 Å². The normalized spacial score (nSPS) is 12.4. The van der Waals surface area contributed by atoms with Crippen molar-refractivity contribution in [3.63, 3.8) is 0 Å². The van der Waals surface area contributed by atoms with E-state index < -0.39 is 6.10 Å². The number of hydrogen-bond acceptors (Lipinski definition) is 6. The van der Waals surface area contributed by atoms with E-state index in [0.29, 0.717) is 19.3 Å². The molecule has 0 fully saturated rings. The summed E-state index contributed by atoms with van der Waals surface area (Å²) in [5, 5.41) is 0. The molecule has 0 amide bonds. The largest absolute Gasteiger partial charge is 0.462 e. The zero-order valence-corrected chi connectivity index (χ0v) is 47.2. The summed E-state index contributed by atoms with van der Waals surface area (Å²) in [5.41, 5.74) is 0. The van der Waals surface area contributed by atoms with Gasteiger partial charge in [-0.25, -0.2) is 0 Å². The molecule has 1 atom stereocenters. The number of rotatable bonds is 56. The van der Waals surface area contributed by atoms with Crippen LogP contribution >= 0.6 is 0 Å². The fraction of sp³-hybridized carbons (Fsp3) is 0.800. The summed E-state index contributed by atoms with van der Waals surface area (Å²) in [4.78, 5) is 38.2. The van der Waals surface area contributed by atoms with Gasteiger partial charge in [0.1, 0.15) is 13.2 Å². The van der Waals surface area contributed by atoms with Crippen LogP contribution < -0.4 is 0 Å². The van der Waals surface area contributed by atoms with Gasteiger partial charge in [0.15, 0.2) is 6.10 Å². The van der Waals surface area contributed by atoms with Crippen LogP contribution in [0.25, 0.3) is 0 Å². The van der Waals surface area contributed by atoms with Gasteiger partial charge >= 0.3 is 17.9 Å². The van der Waals surface area contributed by atoms with E-state index >= 15 is 0 Å². The molecule has 0 aromatic heterocycles. The minimum atomic E-state index is -0.803. The number of carbonyl (C=O) groups excluding carboxylic acids is 3. The molecule has 0 aromatic rings. The van der Waals surface area contributed by atoms with Gasteiger partial charge in [-0.05, 0) is 83.5 Å². The molecule has 0 aliphatic rings. The van der Waals surface area contributed by atoms with E-state index in [2.05, 4.69) is 81.5 Å². The second-order valence-corrected chi connectivity index (χ2v) is 20.6. The van der Waals surface area contributed by atoms with Gasteiger partial charge in [0.05, 0.1) is 0 Å². The molecule has 1 unspecified atom stereocenters. The quantitative estimate of drug-likeness (QED) is 0.0261. The fourth-order valence-electron chi connectivity index (χ4n) is 8.84. The maximum Gasteiger partial charge on any atom is 0.306 e. The predicted molar refractivity (Wildman–Crippen MR) is 307 cm³/mol. The molecule has 0 aliphatic carbocycles. The Balaban J connectivity index is 4.42. The first-order chi connectivity index (χ1) is 35.0. The first-order valence-electron chi connectivity index (χ1n) is 30.8. The smallest absolute Gasteiger partial charge is 0.306 e. The summed E-state index contributed by atoms with van der Waals surface area (Å²) < 4.78 is 16.9. The number of allylic oxidation sites excluding steroid dienone is 10. The molecule has 412 valence electrons. The lowest BCUT2D eigenvalue weighted by Crippen LogP contribution is -2.30. The molecule has 6 heteroatoms. The van der Waals surface area contributed by atoms with Crippen molar-refractivity contribution in [2.75, 3.05) is 13.2 Å². The molecule has 0 heterocycles. The summed E-state index contributed by atoms with van der Waals surface area (Å²) in [6.07, 6.45) is 75.1. The Hall–Kier alpha value is -2.89. The Bertz CT molecular complexity index is 1280. The third-order valence-corrected chi connectivity index (χ3v) is 13.5. The number of carbonyl (C=O) groups is 3. The van der Waals surface area contributed by atoms with Crippen molar-refractivity contribution >= 4 is 17.9 Å². The molecule has 0 N–H and O–H groups in total. The van der Waals surface area contributed by atoms with Crippen LogP contribution in [0.15, 0.2) is 60.8 Å². The number of unbranched alkanes of at least 4 members (excludes halogenated alkanes) is 35. The molecule has 0 radical (unpaired) electrons. The highest BCUT2D eigenvalue weighted by molar-refractivity contribution is 5.71. The average Bonchev–Trinajstić information content (AvgIpc) is 3.37. The lowest BCUT2D eigenvalue weighted by Gasteiger charge is -2.18. The highest BCUT2D eigenvalue weighted by atomic mass is 16.6. The molecular formula is C65H116O6. The molecular weight excluding hydrogens is 877 g/mol. The number of hydrogen-bond donors (Lipinski definition) is 0. The van der Waals surface area contributed by atoms with Crippen LogP contribution in [0.5, 0.6) is 0 Å². The molecule has 71 heavy (non-hydrogen) atoms. The van der Waals surface area contributed by atoms with Crippen LogP contribution in [0.1, 0.15) is 316 Å². The maximum absolute atomic E-state index is 12.9. The Morgan fingerprint density at radius 2 is 0.521 bits per heavy atom. The average molecular weight is 994 g/mol. The van der Waals surface area contributed by atoms with E-state index in [-0.39, 0.29) is 37.5 Å². The third kappa shape index (κ3) is 57.9. The molecule has 0 spiro atoms.